The molecule has 3 aromatic rings. The largest absolute Gasteiger partial charge is 0.352 e. The molecule has 36 heavy (non-hydrogen) atoms. The Labute approximate surface area is 224 Å². The van der Waals surface area contributed by atoms with Gasteiger partial charge in [0.2, 0.25) is 11.8 Å². The van der Waals surface area contributed by atoms with E-state index in [1.165, 1.54) is 11.8 Å². The lowest BCUT2D eigenvalue weighted by molar-refractivity contribution is -0.139. The van der Waals surface area contributed by atoms with E-state index >= 15 is 0 Å². The Kier molecular flexibility index (Phi) is 10.9. The summed E-state index contributed by atoms with van der Waals surface area (Å²) in [5.41, 5.74) is 4.23. The number of halogens is 1. The van der Waals surface area contributed by atoms with Gasteiger partial charge >= 0.3 is 0 Å². The fourth-order valence-corrected chi connectivity index (χ4v) is 5.04. The van der Waals surface area contributed by atoms with Crippen LogP contribution in [0.15, 0.2) is 78.9 Å². The molecule has 0 spiro atoms. The Morgan fingerprint density at radius 3 is 2.33 bits per heavy atom. The van der Waals surface area contributed by atoms with Crippen LogP contribution in [0, 0.1) is 6.92 Å². The van der Waals surface area contributed by atoms with Crippen molar-refractivity contribution >= 4 is 35.2 Å². The maximum atomic E-state index is 13.7. The number of nitrogens with one attached hydrogen (secondary N) is 1. The summed E-state index contributed by atoms with van der Waals surface area (Å²) < 4.78 is 0. The number of amides is 2. The molecule has 6 heteroatoms. The lowest BCUT2D eigenvalue weighted by Gasteiger charge is -2.32. The maximum Gasteiger partial charge on any atom is 0.243 e. The molecule has 2 amide bonds. The van der Waals surface area contributed by atoms with Crippen LogP contribution in [0.4, 0.5) is 0 Å². The monoisotopic (exact) mass is 522 g/mol. The highest BCUT2D eigenvalue weighted by Crippen LogP contribution is 2.20. The van der Waals surface area contributed by atoms with Crippen molar-refractivity contribution in [2.24, 2.45) is 0 Å². The Hall–Kier alpha value is -2.76. The van der Waals surface area contributed by atoms with Gasteiger partial charge in [-0.3, -0.25) is 9.59 Å². The summed E-state index contributed by atoms with van der Waals surface area (Å²) in [6, 6.07) is 25.1. The molecular formula is C30H35ClN2O2S. The van der Waals surface area contributed by atoms with Crippen LogP contribution in [0.5, 0.6) is 0 Å². The van der Waals surface area contributed by atoms with Crippen LogP contribution in [0.25, 0.3) is 0 Å². The highest BCUT2D eigenvalue weighted by molar-refractivity contribution is 7.99. The molecular weight excluding hydrogens is 488 g/mol. The number of hydrogen-bond donors (Lipinski definition) is 1. The van der Waals surface area contributed by atoms with Gasteiger partial charge < -0.3 is 10.2 Å². The second kappa shape index (κ2) is 14.1. The molecule has 0 aliphatic heterocycles. The van der Waals surface area contributed by atoms with E-state index in [0.717, 1.165) is 28.7 Å². The van der Waals surface area contributed by atoms with Crippen molar-refractivity contribution in [1.82, 2.24) is 10.2 Å². The molecule has 0 aliphatic carbocycles. The molecule has 0 fully saturated rings. The standard InChI is InChI=1S/C30H35ClN2O2S/c1-4-23(3)32-30(35)28(18-24-11-6-5-7-12-24)33(19-25-13-8-10-22(2)16-25)29(34)21-36-20-26-14-9-15-27(31)17-26/h5-17,23,28H,4,18-21H2,1-3H3,(H,32,35)/t23-,28-/m0/s1. The average molecular weight is 523 g/mol. The number of carbonyl (C=O) groups excluding carboxylic acids is 2. The van der Waals surface area contributed by atoms with Gasteiger partial charge in [-0.2, -0.15) is 0 Å². The summed E-state index contributed by atoms with van der Waals surface area (Å²) in [6.07, 6.45) is 1.28. The Morgan fingerprint density at radius 2 is 1.64 bits per heavy atom. The van der Waals surface area contributed by atoms with Crippen molar-refractivity contribution in [2.75, 3.05) is 5.75 Å². The van der Waals surface area contributed by atoms with Crippen molar-refractivity contribution in [2.45, 2.75) is 58.0 Å². The van der Waals surface area contributed by atoms with Crippen molar-refractivity contribution in [3.63, 3.8) is 0 Å². The second-order valence-electron chi connectivity index (χ2n) is 9.16. The number of thioether (sulfide) groups is 1. The number of hydrogen-bond acceptors (Lipinski definition) is 3. The SMILES string of the molecule is CC[C@H](C)NC(=O)[C@H](Cc1ccccc1)N(Cc1cccc(C)c1)C(=O)CSCc1cccc(Cl)c1. The number of aryl methyl sites for hydroxylation is 1. The number of rotatable bonds is 12. The van der Waals surface area contributed by atoms with Gasteiger partial charge in [-0.15, -0.1) is 11.8 Å². The molecule has 3 rings (SSSR count). The van der Waals surface area contributed by atoms with Gasteiger partial charge in [-0.1, -0.05) is 90.8 Å². The molecule has 1 N–H and O–H groups in total. The van der Waals surface area contributed by atoms with E-state index in [0.29, 0.717) is 23.7 Å². The van der Waals surface area contributed by atoms with E-state index < -0.39 is 6.04 Å². The summed E-state index contributed by atoms with van der Waals surface area (Å²) in [5, 5.41) is 3.80. The average Bonchev–Trinajstić information content (AvgIpc) is 2.86. The first-order valence-electron chi connectivity index (χ1n) is 12.4. The first kappa shape index (κ1) is 27.8. The number of nitrogens with zero attached hydrogens (tertiary/aromatic N) is 1. The minimum atomic E-state index is -0.610. The smallest absolute Gasteiger partial charge is 0.243 e. The van der Waals surface area contributed by atoms with E-state index in [-0.39, 0.29) is 23.6 Å². The molecule has 3 aromatic carbocycles. The third-order valence-electron chi connectivity index (χ3n) is 6.09. The van der Waals surface area contributed by atoms with Crippen LogP contribution in [0.3, 0.4) is 0 Å². The summed E-state index contributed by atoms with van der Waals surface area (Å²) in [4.78, 5) is 29.0. The van der Waals surface area contributed by atoms with Gasteiger partial charge in [0.05, 0.1) is 5.75 Å². The molecule has 2 atom stereocenters. The fourth-order valence-electron chi connectivity index (χ4n) is 3.97. The van der Waals surface area contributed by atoms with E-state index in [2.05, 4.69) is 11.4 Å². The van der Waals surface area contributed by atoms with Gasteiger partial charge in [0.1, 0.15) is 6.04 Å². The molecule has 0 aliphatic rings. The van der Waals surface area contributed by atoms with Crippen molar-refractivity contribution in [1.29, 1.82) is 0 Å². The van der Waals surface area contributed by atoms with E-state index in [4.69, 9.17) is 11.6 Å². The maximum absolute atomic E-state index is 13.7. The zero-order valence-corrected chi connectivity index (χ0v) is 22.8. The van der Waals surface area contributed by atoms with Gasteiger partial charge in [0.25, 0.3) is 0 Å². The molecule has 0 radical (unpaired) electrons. The van der Waals surface area contributed by atoms with Crippen LogP contribution in [-0.4, -0.2) is 34.6 Å². The zero-order chi connectivity index (χ0) is 25.9. The van der Waals surface area contributed by atoms with Crippen molar-refractivity contribution in [3.05, 3.63) is 106 Å². The van der Waals surface area contributed by atoms with Gasteiger partial charge in [-0.25, -0.2) is 0 Å². The Balaban J connectivity index is 1.85. The third-order valence-corrected chi connectivity index (χ3v) is 7.31. The Morgan fingerprint density at radius 1 is 0.944 bits per heavy atom. The van der Waals surface area contributed by atoms with Crippen LogP contribution in [-0.2, 0) is 28.3 Å². The zero-order valence-electron chi connectivity index (χ0n) is 21.2. The highest BCUT2D eigenvalue weighted by Gasteiger charge is 2.30. The van der Waals surface area contributed by atoms with Crippen LogP contribution in [0.1, 0.15) is 42.5 Å². The van der Waals surface area contributed by atoms with Gasteiger partial charge in [0, 0.05) is 29.8 Å². The van der Waals surface area contributed by atoms with Crippen molar-refractivity contribution < 1.29 is 9.59 Å². The normalized spacial score (nSPS) is 12.6. The molecule has 0 bridgehead atoms. The number of carbonyl (C=O) groups is 2. The molecule has 0 unspecified atom stereocenters. The highest BCUT2D eigenvalue weighted by atomic mass is 35.5. The molecule has 0 saturated carbocycles. The minimum absolute atomic E-state index is 0.0314. The topological polar surface area (TPSA) is 49.4 Å². The lowest BCUT2D eigenvalue weighted by atomic mass is 10.0. The molecule has 0 saturated heterocycles. The van der Waals surface area contributed by atoms with Gasteiger partial charge in [0.15, 0.2) is 0 Å². The molecule has 0 heterocycles. The lowest BCUT2D eigenvalue weighted by Crippen LogP contribution is -2.52. The molecule has 0 aromatic heterocycles. The second-order valence-corrected chi connectivity index (χ2v) is 10.6. The summed E-state index contributed by atoms with van der Waals surface area (Å²) >= 11 is 7.66. The van der Waals surface area contributed by atoms with E-state index in [9.17, 15) is 9.59 Å². The van der Waals surface area contributed by atoms with Gasteiger partial charge in [-0.05, 0) is 49.1 Å². The minimum Gasteiger partial charge on any atom is -0.352 e. The predicted octanol–water partition coefficient (Wildman–Crippen LogP) is 6.44. The molecule has 190 valence electrons. The molecule has 4 nitrogen and oxygen atoms in total. The van der Waals surface area contributed by atoms with Crippen molar-refractivity contribution in [3.8, 4) is 0 Å². The predicted molar refractivity (Wildman–Crippen MR) is 151 cm³/mol. The van der Waals surface area contributed by atoms with Crippen LogP contribution >= 0.6 is 23.4 Å². The fraction of sp³-hybridized carbons (Fsp3) is 0.333. The summed E-state index contributed by atoms with van der Waals surface area (Å²) in [7, 11) is 0. The first-order chi connectivity index (χ1) is 17.4. The Bertz CT molecular complexity index is 1140. The van der Waals surface area contributed by atoms with E-state index in [1.54, 1.807) is 4.90 Å². The van der Waals surface area contributed by atoms with Crippen LogP contribution in [0.2, 0.25) is 5.02 Å². The van der Waals surface area contributed by atoms with Crippen LogP contribution < -0.4 is 5.32 Å². The van der Waals surface area contributed by atoms with E-state index in [1.807, 2.05) is 93.6 Å². The first-order valence-corrected chi connectivity index (χ1v) is 13.9. The quantitative estimate of drug-likeness (QED) is 0.298. The summed E-state index contributed by atoms with van der Waals surface area (Å²) in [5.74, 6) is 0.783. The summed E-state index contributed by atoms with van der Waals surface area (Å²) in [6.45, 7) is 6.45. The number of benzene rings is 3. The third kappa shape index (κ3) is 8.72.